The van der Waals surface area contributed by atoms with Gasteiger partial charge in [-0.15, -0.1) is 0 Å². The van der Waals surface area contributed by atoms with E-state index in [2.05, 4.69) is 23.1 Å². The lowest BCUT2D eigenvalue weighted by Crippen LogP contribution is -2.50. The van der Waals surface area contributed by atoms with Crippen LogP contribution in [0.4, 0.5) is 5.69 Å². The summed E-state index contributed by atoms with van der Waals surface area (Å²) in [5.41, 5.74) is 7.47. The Kier molecular flexibility index (Phi) is 6.08. The van der Waals surface area contributed by atoms with Crippen LogP contribution in [0.2, 0.25) is 0 Å². The van der Waals surface area contributed by atoms with Crippen LogP contribution in [0.15, 0.2) is 24.3 Å². The Morgan fingerprint density at radius 1 is 1.19 bits per heavy atom. The predicted octanol–water partition coefficient (Wildman–Crippen LogP) is 2.04. The minimum absolute atomic E-state index is 0.0268. The standard InChI is InChI=1S/C19H26N4O2S/c1-2-13-7-9-16(10-8-13)23-12-14(11-17(23)24)18(25)21-22-19(26)20-15-5-3-4-6-15/h7-10,14-15H,2-6,11-12H2,1H3,(H,21,25)(H2,20,22,26)/t14-/m1/s1. The van der Waals surface area contributed by atoms with E-state index in [1.807, 2.05) is 24.3 Å². The van der Waals surface area contributed by atoms with E-state index in [0.29, 0.717) is 17.7 Å². The Labute approximate surface area is 159 Å². The number of hydrazine groups is 1. The maximum Gasteiger partial charge on any atom is 0.243 e. The molecule has 0 unspecified atom stereocenters. The first-order valence-corrected chi connectivity index (χ1v) is 9.73. The van der Waals surface area contributed by atoms with Crippen LogP contribution >= 0.6 is 12.2 Å². The molecule has 1 aliphatic carbocycles. The van der Waals surface area contributed by atoms with Crippen molar-refractivity contribution >= 4 is 34.8 Å². The molecule has 1 atom stereocenters. The van der Waals surface area contributed by atoms with Crippen molar-refractivity contribution < 1.29 is 9.59 Å². The normalized spacial score (nSPS) is 20.3. The second-order valence-electron chi connectivity index (χ2n) is 6.99. The maximum atomic E-state index is 12.4. The van der Waals surface area contributed by atoms with Gasteiger partial charge in [-0.2, -0.15) is 0 Å². The highest BCUT2D eigenvalue weighted by atomic mass is 32.1. The summed E-state index contributed by atoms with van der Waals surface area (Å²) in [6, 6.07) is 8.31. The van der Waals surface area contributed by atoms with Crippen LogP contribution < -0.4 is 21.1 Å². The summed E-state index contributed by atoms with van der Waals surface area (Å²) in [6.45, 7) is 2.48. The summed E-state index contributed by atoms with van der Waals surface area (Å²) < 4.78 is 0. The number of hydrogen-bond acceptors (Lipinski definition) is 3. The highest BCUT2D eigenvalue weighted by Crippen LogP contribution is 2.25. The molecule has 2 amide bonds. The van der Waals surface area contributed by atoms with Gasteiger partial charge in [0.25, 0.3) is 0 Å². The van der Waals surface area contributed by atoms with Gasteiger partial charge in [-0.25, -0.2) is 0 Å². The summed E-state index contributed by atoms with van der Waals surface area (Å²) in [5.74, 6) is -0.613. The van der Waals surface area contributed by atoms with Crippen molar-refractivity contribution in [2.75, 3.05) is 11.4 Å². The fraction of sp³-hybridized carbons (Fsp3) is 0.526. The molecule has 1 saturated carbocycles. The largest absolute Gasteiger partial charge is 0.359 e. The van der Waals surface area contributed by atoms with Crippen LogP contribution in [0.1, 0.15) is 44.6 Å². The summed E-state index contributed by atoms with van der Waals surface area (Å²) in [6.07, 6.45) is 5.82. The molecule has 1 aliphatic heterocycles. The molecule has 1 aromatic carbocycles. The molecule has 26 heavy (non-hydrogen) atoms. The summed E-state index contributed by atoms with van der Waals surface area (Å²) in [7, 11) is 0. The fourth-order valence-electron chi connectivity index (χ4n) is 3.56. The van der Waals surface area contributed by atoms with Crippen molar-refractivity contribution in [3.05, 3.63) is 29.8 Å². The predicted molar refractivity (Wildman–Crippen MR) is 106 cm³/mol. The van der Waals surface area contributed by atoms with Crippen molar-refractivity contribution in [1.29, 1.82) is 0 Å². The van der Waals surface area contributed by atoms with Crippen LogP contribution in [-0.4, -0.2) is 29.5 Å². The van der Waals surface area contributed by atoms with Gasteiger partial charge in [0.2, 0.25) is 11.8 Å². The molecule has 0 radical (unpaired) electrons. The van der Waals surface area contributed by atoms with Crippen molar-refractivity contribution in [2.45, 2.75) is 51.5 Å². The number of anilines is 1. The minimum Gasteiger partial charge on any atom is -0.359 e. The molecule has 3 N–H and O–H groups in total. The van der Waals surface area contributed by atoms with Crippen LogP contribution in [0.5, 0.6) is 0 Å². The van der Waals surface area contributed by atoms with Crippen molar-refractivity contribution in [2.24, 2.45) is 5.92 Å². The lowest BCUT2D eigenvalue weighted by molar-refractivity contribution is -0.126. The van der Waals surface area contributed by atoms with Gasteiger partial charge in [-0.1, -0.05) is 31.9 Å². The van der Waals surface area contributed by atoms with Gasteiger partial charge in [0, 0.05) is 24.7 Å². The second kappa shape index (κ2) is 8.49. The van der Waals surface area contributed by atoms with E-state index in [-0.39, 0.29) is 24.2 Å². The number of thiocarbonyl (C=S) groups is 1. The molecule has 0 spiro atoms. The van der Waals surface area contributed by atoms with E-state index in [9.17, 15) is 9.59 Å². The highest BCUT2D eigenvalue weighted by molar-refractivity contribution is 7.80. The van der Waals surface area contributed by atoms with E-state index >= 15 is 0 Å². The van der Waals surface area contributed by atoms with Gasteiger partial charge in [0.15, 0.2) is 5.11 Å². The molecule has 7 heteroatoms. The van der Waals surface area contributed by atoms with Gasteiger partial charge >= 0.3 is 0 Å². The Hall–Kier alpha value is -2.15. The number of carbonyl (C=O) groups is 2. The van der Waals surface area contributed by atoms with Gasteiger partial charge in [-0.3, -0.25) is 20.4 Å². The number of amides is 2. The first-order chi connectivity index (χ1) is 12.6. The molecule has 6 nitrogen and oxygen atoms in total. The maximum absolute atomic E-state index is 12.4. The zero-order valence-electron chi connectivity index (χ0n) is 15.1. The number of nitrogens with zero attached hydrogens (tertiary/aromatic N) is 1. The van der Waals surface area contributed by atoms with Gasteiger partial charge < -0.3 is 10.2 Å². The molecule has 140 valence electrons. The quantitative estimate of drug-likeness (QED) is 0.556. The number of rotatable bonds is 4. The third-order valence-corrected chi connectivity index (χ3v) is 5.36. The minimum atomic E-state index is -0.380. The van der Waals surface area contributed by atoms with Crippen LogP contribution in [0, 0.1) is 5.92 Å². The Balaban J connectivity index is 1.49. The van der Waals surface area contributed by atoms with E-state index < -0.39 is 0 Å². The number of hydrogen-bond donors (Lipinski definition) is 3. The lowest BCUT2D eigenvalue weighted by atomic mass is 10.1. The topological polar surface area (TPSA) is 73.5 Å². The zero-order chi connectivity index (χ0) is 18.5. The molecule has 1 aromatic rings. The van der Waals surface area contributed by atoms with Gasteiger partial charge in [0.05, 0.1) is 5.92 Å². The number of aryl methyl sites for hydroxylation is 1. The van der Waals surface area contributed by atoms with Gasteiger partial charge in [0.1, 0.15) is 0 Å². The van der Waals surface area contributed by atoms with E-state index in [1.54, 1.807) is 4.90 Å². The number of carbonyl (C=O) groups excluding carboxylic acids is 2. The molecular weight excluding hydrogens is 348 g/mol. The highest BCUT2D eigenvalue weighted by Gasteiger charge is 2.35. The first kappa shape index (κ1) is 18.6. The summed E-state index contributed by atoms with van der Waals surface area (Å²) in [4.78, 5) is 26.3. The summed E-state index contributed by atoms with van der Waals surface area (Å²) >= 11 is 5.22. The third-order valence-electron chi connectivity index (χ3n) is 5.14. The molecule has 2 fully saturated rings. The van der Waals surface area contributed by atoms with Gasteiger partial charge in [-0.05, 0) is 49.2 Å². The van der Waals surface area contributed by atoms with E-state index in [0.717, 1.165) is 24.9 Å². The molecule has 2 aliphatic rings. The second-order valence-corrected chi connectivity index (χ2v) is 7.40. The Morgan fingerprint density at radius 2 is 1.88 bits per heavy atom. The number of nitrogens with one attached hydrogen (secondary N) is 3. The zero-order valence-corrected chi connectivity index (χ0v) is 15.9. The van der Waals surface area contributed by atoms with E-state index in [4.69, 9.17) is 12.2 Å². The van der Waals surface area contributed by atoms with Crippen LogP contribution in [0.25, 0.3) is 0 Å². The molecule has 0 bridgehead atoms. The first-order valence-electron chi connectivity index (χ1n) is 9.32. The van der Waals surface area contributed by atoms with E-state index in [1.165, 1.54) is 18.4 Å². The van der Waals surface area contributed by atoms with Crippen LogP contribution in [-0.2, 0) is 16.0 Å². The van der Waals surface area contributed by atoms with Crippen molar-refractivity contribution in [1.82, 2.24) is 16.2 Å². The monoisotopic (exact) mass is 374 g/mol. The SMILES string of the molecule is CCc1ccc(N2C[C@H](C(=O)NNC(=S)NC3CCCC3)CC2=O)cc1. The molecule has 1 saturated heterocycles. The molecular formula is C19H26N4O2S. The fourth-order valence-corrected chi connectivity index (χ4v) is 3.77. The van der Waals surface area contributed by atoms with Crippen molar-refractivity contribution in [3.8, 4) is 0 Å². The Bertz CT molecular complexity index is 671. The lowest BCUT2D eigenvalue weighted by Gasteiger charge is -2.18. The molecule has 1 heterocycles. The Morgan fingerprint density at radius 3 is 2.54 bits per heavy atom. The smallest absolute Gasteiger partial charge is 0.243 e. The third kappa shape index (κ3) is 4.52. The van der Waals surface area contributed by atoms with Crippen LogP contribution in [0.3, 0.4) is 0 Å². The van der Waals surface area contributed by atoms with Crippen molar-refractivity contribution in [3.63, 3.8) is 0 Å². The average Bonchev–Trinajstić information content (AvgIpc) is 3.29. The summed E-state index contributed by atoms with van der Waals surface area (Å²) in [5, 5.41) is 3.64. The molecule has 0 aromatic heterocycles. The average molecular weight is 375 g/mol. The number of benzene rings is 1. The molecule has 3 rings (SSSR count).